The van der Waals surface area contributed by atoms with Gasteiger partial charge in [0.1, 0.15) is 0 Å². The third kappa shape index (κ3) is 3.11. The van der Waals surface area contributed by atoms with E-state index < -0.39 is 0 Å². The Morgan fingerprint density at radius 1 is 1.35 bits per heavy atom. The summed E-state index contributed by atoms with van der Waals surface area (Å²) in [6.45, 7) is 6.36. The van der Waals surface area contributed by atoms with E-state index in [2.05, 4.69) is 41.5 Å². The molecule has 0 saturated heterocycles. The molecule has 1 aromatic rings. The van der Waals surface area contributed by atoms with Crippen molar-refractivity contribution >= 4 is 0 Å². The maximum absolute atomic E-state index is 5.25. The van der Waals surface area contributed by atoms with E-state index in [0.717, 1.165) is 55.4 Å². The lowest BCUT2D eigenvalue weighted by Crippen LogP contribution is -2.26. The van der Waals surface area contributed by atoms with Crippen LogP contribution in [0.25, 0.3) is 0 Å². The summed E-state index contributed by atoms with van der Waals surface area (Å²) in [5.41, 5.74) is 0. The Balaban J connectivity index is 1.31. The van der Waals surface area contributed by atoms with E-state index >= 15 is 0 Å². The van der Waals surface area contributed by atoms with Crippen LogP contribution in [0, 0.1) is 17.8 Å². The number of nitrogens with one attached hydrogen (secondary N) is 1. The van der Waals surface area contributed by atoms with Crippen LogP contribution in [0.2, 0.25) is 0 Å². The van der Waals surface area contributed by atoms with Gasteiger partial charge in [-0.15, -0.1) is 0 Å². The maximum Gasteiger partial charge on any atom is 0.226 e. The SMILES string of the molecule is CC(C)c1noc(CCCNCC2CC3C=CC2C3)n1. The van der Waals surface area contributed by atoms with Crippen molar-refractivity contribution in [3.05, 3.63) is 23.9 Å². The summed E-state index contributed by atoms with van der Waals surface area (Å²) >= 11 is 0. The highest BCUT2D eigenvalue weighted by Gasteiger charge is 2.34. The van der Waals surface area contributed by atoms with Gasteiger partial charge in [0.25, 0.3) is 0 Å². The molecule has 4 nitrogen and oxygen atoms in total. The molecule has 0 spiro atoms. The quantitative estimate of drug-likeness (QED) is 0.614. The van der Waals surface area contributed by atoms with Crippen LogP contribution in [0.4, 0.5) is 0 Å². The number of hydrogen-bond donors (Lipinski definition) is 1. The van der Waals surface area contributed by atoms with Gasteiger partial charge >= 0.3 is 0 Å². The Bertz CT molecular complexity index is 466. The van der Waals surface area contributed by atoms with Crippen molar-refractivity contribution < 1.29 is 4.52 Å². The topological polar surface area (TPSA) is 51.0 Å². The molecule has 1 fully saturated rings. The van der Waals surface area contributed by atoms with Crippen molar-refractivity contribution in [3.8, 4) is 0 Å². The standard InChI is InChI=1S/C16H25N3O/c1-11(2)16-18-15(20-19-16)4-3-7-17-10-14-9-12-5-6-13(14)8-12/h5-6,11-14,17H,3-4,7-10H2,1-2H3. The first-order valence-corrected chi connectivity index (χ1v) is 7.94. The maximum atomic E-state index is 5.25. The van der Waals surface area contributed by atoms with Gasteiger partial charge in [-0.05, 0) is 50.1 Å². The molecule has 2 bridgehead atoms. The van der Waals surface area contributed by atoms with E-state index in [0.29, 0.717) is 5.92 Å². The second kappa shape index (κ2) is 6.08. The molecular weight excluding hydrogens is 250 g/mol. The Hall–Kier alpha value is -1.16. The molecule has 2 aliphatic rings. The molecule has 2 aliphatic carbocycles. The Kier molecular flexibility index (Phi) is 4.20. The number of aryl methyl sites for hydroxylation is 1. The number of fused-ring (bicyclic) bond motifs is 2. The molecular formula is C16H25N3O. The zero-order chi connectivity index (χ0) is 13.9. The predicted molar refractivity (Wildman–Crippen MR) is 78.4 cm³/mol. The van der Waals surface area contributed by atoms with E-state index in [4.69, 9.17) is 4.52 Å². The average Bonchev–Trinajstić information content (AvgIpc) is 3.14. The summed E-state index contributed by atoms with van der Waals surface area (Å²) < 4.78 is 5.25. The van der Waals surface area contributed by atoms with Gasteiger partial charge in [0.2, 0.25) is 5.89 Å². The first-order valence-electron chi connectivity index (χ1n) is 7.94. The van der Waals surface area contributed by atoms with Gasteiger partial charge in [0.15, 0.2) is 5.82 Å². The molecule has 1 N–H and O–H groups in total. The van der Waals surface area contributed by atoms with Gasteiger partial charge < -0.3 is 9.84 Å². The largest absolute Gasteiger partial charge is 0.339 e. The smallest absolute Gasteiger partial charge is 0.226 e. The zero-order valence-electron chi connectivity index (χ0n) is 12.5. The summed E-state index contributed by atoms with van der Waals surface area (Å²) in [6, 6.07) is 0. The van der Waals surface area contributed by atoms with Crippen molar-refractivity contribution in [1.82, 2.24) is 15.5 Å². The molecule has 3 rings (SSSR count). The van der Waals surface area contributed by atoms with Crippen LogP contribution >= 0.6 is 0 Å². The lowest BCUT2D eigenvalue weighted by molar-refractivity contribution is 0.364. The second-order valence-corrected chi connectivity index (χ2v) is 6.55. The monoisotopic (exact) mass is 275 g/mol. The molecule has 1 aromatic heterocycles. The minimum atomic E-state index is 0.344. The summed E-state index contributed by atoms with van der Waals surface area (Å²) in [7, 11) is 0. The summed E-state index contributed by atoms with van der Waals surface area (Å²) in [5, 5.41) is 7.58. The number of aromatic nitrogens is 2. The van der Waals surface area contributed by atoms with E-state index in [-0.39, 0.29) is 0 Å². The van der Waals surface area contributed by atoms with Gasteiger partial charge in [-0.25, -0.2) is 0 Å². The van der Waals surface area contributed by atoms with Crippen LogP contribution in [0.1, 0.15) is 50.7 Å². The third-order valence-corrected chi connectivity index (χ3v) is 4.57. The molecule has 110 valence electrons. The molecule has 4 heteroatoms. The highest BCUT2D eigenvalue weighted by atomic mass is 16.5. The van der Waals surface area contributed by atoms with E-state index in [1.54, 1.807) is 0 Å². The first-order chi connectivity index (χ1) is 9.72. The van der Waals surface area contributed by atoms with Crippen LogP contribution in [-0.4, -0.2) is 23.2 Å². The van der Waals surface area contributed by atoms with Gasteiger partial charge in [-0.3, -0.25) is 0 Å². The lowest BCUT2D eigenvalue weighted by Gasteiger charge is -2.18. The predicted octanol–water partition coefficient (Wildman–Crippen LogP) is 2.93. The number of rotatable bonds is 7. The molecule has 0 aromatic carbocycles. The van der Waals surface area contributed by atoms with Crippen LogP contribution in [0.15, 0.2) is 16.7 Å². The fourth-order valence-corrected chi connectivity index (χ4v) is 3.39. The second-order valence-electron chi connectivity index (χ2n) is 6.55. The molecule has 0 amide bonds. The minimum absolute atomic E-state index is 0.344. The van der Waals surface area contributed by atoms with Crippen LogP contribution in [-0.2, 0) is 6.42 Å². The van der Waals surface area contributed by atoms with Crippen molar-refractivity contribution in [2.24, 2.45) is 17.8 Å². The Morgan fingerprint density at radius 3 is 2.90 bits per heavy atom. The van der Waals surface area contributed by atoms with Gasteiger partial charge in [0, 0.05) is 12.3 Å². The van der Waals surface area contributed by atoms with Crippen LogP contribution in [0.5, 0.6) is 0 Å². The zero-order valence-corrected chi connectivity index (χ0v) is 12.5. The molecule has 3 unspecified atom stereocenters. The number of allylic oxidation sites excluding steroid dienone is 2. The van der Waals surface area contributed by atoms with Crippen molar-refractivity contribution in [3.63, 3.8) is 0 Å². The molecule has 1 saturated carbocycles. The van der Waals surface area contributed by atoms with Gasteiger partial charge in [0.05, 0.1) is 0 Å². The molecule has 20 heavy (non-hydrogen) atoms. The Morgan fingerprint density at radius 2 is 2.25 bits per heavy atom. The van der Waals surface area contributed by atoms with Crippen LogP contribution < -0.4 is 5.32 Å². The summed E-state index contributed by atoms with van der Waals surface area (Å²) in [6.07, 6.45) is 9.55. The highest BCUT2D eigenvalue weighted by molar-refractivity contribution is 5.10. The normalized spacial score (nSPS) is 27.9. The lowest BCUT2D eigenvalue weighted by atomic mass is 9.93. The molecule has 1 heterocycles. The number of nitrogens with zero attached hydrogens (tertiary/aromatic N) is 2. The van der Waals surface area contributed by atoms with E-state index in [1.165, 1.54) is 12.8 Å². The van der Waals surface area contributed by atoms with Gasteiger partial charge in [-0.2, -0.15) is 4.98 Å². The van der Waals surface area contributed by atoms with Crippen molar-refractivity contribution in [1.29, 1.82) is 0 Å². The minimum Gasteiger partial charge on any atom is -0.339 e. The van der Waals surface area contributed by atoms with E-state index in [1.807, 2.05) is 0 Å². The van der Waals surface area contributed by atoms with Gasteiger partial charge in [-0.1, -0.05) is 31.2 Å². The van der Waals surface area contributed by atoms with Crippen molar-refractivity contribution in [2.45, 2.75) is 45.4 Å². The first kappa shape index (κ1) is 13.8. The molecule has 0 radical (unpaired) electrons. The fraction of sp³-hybridized carbons (Fsp3) is 0.750. The van der Waals surface area contributed by atoms with Crippen molar-refractivity contribution in [2.75, 3.05) is 13.1 Å². The summed E-state index contributed by atoms with van der Waals surface area (Å²) in [4.78, 5) is 4.40. The van der Waals surface area contributed by atoms with Crippen LogP contribution in [0.3, 0.4) is 0 Å². The average molecular weight is 275 g/mol. The highest BCUT2D eigenvalue weighted by Crippen LogP contribution is 2.42. The van der Waals surface area contributed by atoms with E-state index in [9.17, 15) is 0 Å². The Labute approximate surface area is 121 Å². The molecule has 3 atom stereocenters. The summed E-state index contributed by atoms with van der Waals surface area (Å²) in [5.74, 6) is 4.52. The third-order valence-electron chi connectivity index (χ3n) is 4.57. The molecule has 0 aliphatic heterocycles. The fourth-order valence-electron chi connectivity index (χ4n) is 3.39. The number of hydrogen-bond acceptors (Lipinski definition) is 4.